The van der Waals surface area contributed by atoms with E-state index >= 15 is 0 Å². The molecule has 0 aromatic carbocycles. The van der Waals surface area contributed by atoms with Crippen molar-refractivity contribution in [2.45, 2.75) is 18.9 Å². The molecule has 58 valence electrons. The summed E-state index contributed by atoms with van der Waals surface area (Å²) in [5.41, 5.74) is 0. The number of nitrogens with zero attached hydrogens (tertiary/aromatic N) is 2. The van der Waals surface area contributed by atoms with Crippen LogP contribution in [0.15, 0.2) is 5.10 Å². The van der Waals surface area contributed by atoms with Gasteiger partial charge in [0.05, 0.1) is 0 Å². The molecular formula is C7H15N3. The van der Waals surface area contributed by atoms with E-state index in [1.807, 2.05) is 12.1 Å². The van der Waals surface area contributed by atoms with Crippen LogP contribution in [0, 0.1) is 0 Å². The highest BCUT2D eigenvalue weighted by Gasteiger charge is 2.14. The summed E-state index contributed by atoms with van der Waals surface area (Å²) in [6, 6.07) is 0.693. The number of hydrogen-bond donors (Lipinski definition) is 1. The first-order valence-corrected chi connectivity index (χ1v) is 3.75. The van der Waals surface area contributed by atoms with Crippen molar-refractivity contribution in [2.75, 3.05) is 20.1 Å². The second-order valence-corrected chi connectivity index (χ2v) is 2.66. The predicted octanol–water partition coefficient (Wildman–Crippen LogP) is 0.286. The first-order chi connectivity index (χ1) is 4.86. The van der Waals surface area contributed by atoms with Crippen molar-refractivity contribution in [1.82, 2.24) is 10.3 Å². The van der Waals surface area contributed by atoms with Crippen molar-refractivity contribution in [3.05, 3.63) is 0 Å². The largest absolute Gasteiger partial charge is 0.317 e. The average molecular weight is 141 g/mol. The molecular weight excluding hydrogens is 126 g/mol. The van der Waals surface area contributed by atoms with Crippen LogP contribution in [0.25, 0.3) is 0 Å². The van der Waals surface area contributed by atoms with E-state index in [1.54, 1.807) is 0 Å². The summed E-state index contributed by atoms with van der Waals surface area (Å²) in [6.45, 7) is 5.59. The highest BCUT2D eigenvalue weighted by molar-refractivity contribution is 5.22. The van der Waals surface area contributed by atoms with Crippen LogP contribution in [0.5, 0.6) is 0 Å². The van der Waals surface area contributed by atoms with Gasteiger partial charge in [0.15, 0.2) is 0 Å². The lowest BCUT2D eigenvalue weighted by molar-refractivity contribution is 0.211. The Morgan fingerprint density at radius 2 is 2.10 bits per heavy atom. The summed E-state index contributed by atoms with van der Waals surface area (Å²) in [4.78, 5) is 0. The van der Waals surface area contributed by atoms with Crippen LogP contribution >= 0.6 is 0 Å². The van der Waals surface area contributed by atoms with E-state index in [4.69, 9.17) is 0 Å². The van der Waals surface area contributed by atoms with E-state index in [-0.39, 0.29) is 0 Å². The molecule has 0 saturated carbocycles. The van der Waals surface area contributed by atoms with Crippen molar-refractivity contribution in [2.24, 2.45) is 5.10 Å². The van der Waals surface area contributed by atoms with Crippen molar-refractivity contribution in [1.29, 1.82) is 0 Å². The molecule has 0 aliphatic carbocycles. The van der Waals surface area contributed by atoms with Gasteiger partial charge in [-0.2, -0.15) is 5.10 Å². The van der Waals surface area contributed by atoms with Crippen molar-refractivity contribution in [3.8, 4) is 0 Å². The van der Waals surface area contributed by atoms with Gasteiger partial charge >= 0.3 is 0 Å². The van der Waals surface area contributed by atoms with Crippen molar-refractivity contribution in [3.63, 3.8) is 0 Å². The minimum Gasteiger partial charge on any atom is -0.317 e. The van der Waals surface area contributed by atoms with E-state index < -0.39 is 0 Å². The lowest BCUT2D eigenvalue weighted by Gasteiger charge is -2.29. The maximum Gasteiger partial charge on any atom is 0.0374 e. The normalized spacial score (nSPS) is 21.1. The predicted molar refractivity (Wildman–Crippen MR) is 43.2 cm³/mol. The van der Waals surface area contributed by atoms with Gasteiger partial charge in [0, 0.05) is 25.8 Å². The summed E-state index contributed by atoms with van der Waals surface area (Å²) in [6.07, 6.45) is 2.38. The van der Waals surface area contributed by atoms with Crippen LogP contribution < -0.4 is 5.32 Å². The van der Waals surface area contributed by atoms with Gasteiger partial charge in [-0.15, -0.1) is 0 Å². The summed E-state index contributed by atoms with van der Waals surface area (Å²) in [5, 5.41) is 9.15. The zero-order valence-electron chi connectivity index (χ0n) is 6.51. The fourth-order valence-electron chi connectivity index (χ4n) is 1.30. The lowest BCUT2D eigenvalue weighted by Crippen LogP contribution is -2.38. The molecule has 10 heavy (non-hydrogen) atoms. The van der Waals surface area contributed by atoms with Gasteiger partial charge in [0.2, 0.25) is 0 Å². The van der Waals surface area contributed by atoms with Gasteiger partial charge in [0.1, 0.15) is 0 Å². The van der Waals surface area contributed by atoms with Gasteiger partial charge in [0.25, 0.3) is 0 Å². The summed E-state index contributed by atoms with van der Waals surface area (Å²) in [5.74, 6) is 0. The van der Waals surface area contributed by atoms with Gasteiger partial charge in [-0.05, 0) is 19.9 Å². The molecule has 0 spiro atoms. The summed E-state index contributed by atoms with van der Waals surface area (Å²) < 4.78 is 0. The first kappa shape index (κ1) is 7.54. The summed E-state index contributed by atoms with van der Waals surface area (Å²) >= 11 is 0. The number of piperidine rings is 1. The third-order valence-corrected chi connectivity index (χ3v) is 2.08. The van der Waals surface area contributed by atoms with Gasteiger partial charge in [-0.1, -0.05) is 0 Å². The minimum atomic E-state index is 0.693. The monoisotopic (exact) mass is 141 g/mol. The number of hydrazone groups is 1. The number of rotatable bonds is 2. The topological polar surface area (TPSA) is 27.6 Å². The van der Waals surface area contributed by atoms with E-state index in [9.17, 15) is 0 Å². The highest BCUT2D eigenvalue weighted by atomic mass is 15.4. The first-order valence-electron chi connectivity index (χ1n) is 3.75. The molecule has 0 aromatic rings. The molecule has 0 amide bonds. The lowest BCUT2D eigenvalue weighted by atomic mass is 10.1. The molecule has 1 aliphatic rings. The average Bonchev–Trinajstić information content (AvgIpc) is 2.05. The zero-order valence-corrected chi connectivity index (χ0v) is 6.51. The molecule has 1 aliphatic heterocycles. The molecule has 3 nitrogen and oxygen atoms in total. The standard InChI is InChI=1S/C7H15N3/c1-8-7-3-5-10(9-2)6-4-7/h7-8H,2-6H2,1H3. The molecule has 1 saturated heterocycles. The molecule has 1 N–H and O–H groups in total. The zero-order chi connectivity index (χ0) is 7.40. The van der Waals surface area contributed by atoms with E-state index in [0.717, 1.165) is 13.1 Å². The van der Waals surface area contributed by atoms with Crippen LogP contribution in [0.4, 0.5) is 0 Å². The maximum absolute atomic E-state index is 3.87. The van der Waals surface area contributed by atoms with Crippen molar-refractivity contribution < 1.29 is 0 Å². The fraction of sp³-hybridized carbons (Fsp3) is 0.857. The van der Waals surface area contributed by atoms with Crippen molar-refractivity contribution >= 4 is 6.72 Å². The van der Waals surface area contributed by atoms with Crippen LogP contribution in [-0.2, 0) is 0 Å². The highest BCUT2D eigenvalue weighted by Crippen LogP contribution is 2.08. The van der Waals surface area contributed by atoms with E-state index in [1.165, 1.54) is 12.8 Å². The molecule has 0 radical (unpaired) electrons. The molecule has 0 unspecified atom stereocenters. The van der Waals surface area contributed by atoms with Gasteiger partial charge < -0.3 is 5.32 Å². The molecule has 0 bridgehead atoms. The Labute approximate surface area is 62.1 Å². The second kappa shape index (κ2) is 3.56. The smallest absolute Gasteiger partial charge is 0.0374 e. The van der Waals surface area contributed by atoms with E-state index in [2.05, 4.69) is 17.1 Å². The Morgan fingerprint density at radius 1 is 1.50 bits per heavy atom. The number of nitrogens with one attached hydrogen (secondary N) is 1. The Hall–Kier alpha value is -0.570. The molecule has 0 aromatic heterocycles. The Bertz CT molecular complexity index is 105. The second-order valence-electron chi connectivity index (χ2n) is 2.66. The fourth-order valence-corrected chi connectivity index (χ4v) is 1.30. The van der Waals surface area contributed by atoms with Crippen LogP contribution in [-0.4, -0.2) is 37.9 Å². The molecule has 0 atom stereocenters. The SMILES string of the molecule is C=NN1CCC(NC)CC1. The Morgan fingerprint density at radius 3 is 2.50 bits per heavy atom. The van der Waals surface area contributed by atoms with Gasteiger partial charge in [-0.25, -0.2) is 0 Å². The molecule has 3 heteroatoms. The molecule has 1 heterocycles. The summed E-state index contributed by atoms with van der Waals surface area (Å²) in [7, 11) is 2.02. The van der Waals surface area contributed by atoms with Crippen LogP contribution in [0.3, 0.4) is 0 Å². The third-order valence-electron chi connectivity index (χ3n) is 2.08. The quantitative estimate of drug-likeness (QED) is 0.560. The Balaban J connectivity index is 2.23. The van der Waals surface area contributed by atoms with Crippen LogP contribution in [0.1, 0.15) is 12.8 Å². The third kappa shape index (κ3) is 1.70. The molecule has 1 fully saturated rings. The van der Waals surface area contributed by atoms with Gasteiger partial charge in [-0.3, -0.25) is 5.01 Å². The molecule has 1 rings (SSSR count). The Kier molecular flexibility index (Phi) is 2.68. The minimum absolute atomic E-state index is 0.693. The maximum atomic E-state index is 3.87. The van der Waals surface area contributed by atoms with Crippen LogP contribution in [0.2, 0.25) is 0 Å². The number of hydrogen-bond acceptors (Lipinski definition) is 3. The van der Waals surface area contributed by atoms with E-state index in [0.29, 0.717) is 6.04 Å².